The van der Waals surface area contributed by atoms with E-state index in [1.54, 1.807) is 0 Å². The molecule has 0 bridgehead atoms. The first-order valence-corrected chi connectivity index (χ1v) is 6.85. The van der Waals surface area contributed by atoms with Crippen LogP contribution in [0.2, 0.25) is 5.02 Å². The molecule has 1 saturated carbocycles. The van der Waals surface area contributed by atoms with Crippen LogP contribution >= 0.6 is 23.2 Å². The number of rotatable bonds is 3. The van der Waals surface area contributed by atoms with Crippen molar-refractivity contribution in [2.24, 2.45) is 0 Å². The zero-order valence-corrected chi connectivity index (χ0v) is 11.4. The average Bonchev–Trinajstić information content (AvgIpc) is 2.81. The van der Waals surface area contributed by atoms with Crippen molar-refractivity contribution in [2.75, 3.05) is 5.88 Å². The maximum Gasteiger partial charge on any atom is 0.253 e. The van der Waals surface area contributed by atoms with Gasteiger partial charge in [0, 0.05) is 5.88 Å². The molecule has 18 heavy (non-hydrogen) atoms. The van der Waals surface area contributed by atoms with Crippen LogP contribution in [-0.2, 0) is 0 Å². The molecule has 0 saturated heterocycles. The first-order chi connectivity index (χ1) is 8.56. The number of carbonyl (C=O) groups is 1. The molecule has 0 unspecified atom stereocenters. The van der Waals surface area contributed by atoms with Gasteiger partial charge in [-0.3, -0.25) is 4.79 Å². The summed E-state index contributed by atoms with van der Waals surface area (Å²) in [5, 5.41) is 12.7. The van der Waals surface area contributed by atoms with Gasteiger partial charge in [-0.15, -0.1) is 11.6 Å². The van der Waals surface area contributed by atoms with Gasteiger partial charge in [-0.05, 0) is 31.0 Å². The molecule has 0 aromatic heterocycles. The average molecular weight is 288 g/mol. The Labute approximate surface area is 116 Å². The minimum Gasteiger partial charge on any atom is -0.508 e. The fourth-order valence-corrected chi connectivity index (χ4v) is 2.88. The zero-order chi connectivity index (χ0) is 13.2. The van der Waals surface area contributed by atoms with Gasteiger partial charge >= 0.3 is 0 Å². The summed E-state index contributed by atoms with van der Waals surface area (Å²) in [6, 6.07) is 4.33. The number of amides is 1. The molecule has 2 rings (SSSR count). The van der Waals surface area contributed by atoms with Gasteiger partial charge in [-0.25, -0.2) is 0 Å². The summed E-state index contributed by atoms with van der Waals surface area (Å²) in [5.41, 5.74) is -0.0407. The van der Waals surface area contributed by atoms with E-state index in [1.165, 1.54) is 18.2 Å². The summed E-state index contributed by atoms with van der Waals surface area (Å²) in [5.74, 6) is 0.143. The summed E-state index contributed by atoms with van der Waals surface area (Å²) >= 11 is 11.9. The molecule has 1 aliphatic rings. The van der Waals surface area contributed by atoms with Gasteiger partial charge in [0.2, 0.25) is 0 Å². The number of halogens is 2. The summed E-state index contributed by atoms with van der Waals surface area (Å²) < 4.78 is 0. The Morgan fingerprint density at radius 3 is 2.67 bits per heavy atom. The Bertz CT molecular complexity index is 456. The van der Waals surface area contributed by atoms with Crippen LogP contribution in [0.25, 0.3) is 0 Å². The maximum atomic E-state index is 12.2. The van der Waals surface area contributed by atoms with Crippen LogP contribution in [0, 0.1) is 0 Å². The predicted molar refractivity (Wildman–Crippen MR) is 72.5 cm³/mol. The molecule has 1 aromatic rings. The molecule has 0 atom stereocenters. The topological polar surface area (TPSA) is 49.3 Å². The highest BCUT2D eigenvalue weighted by molar-refractivity contribution is 6.34. The molecule has 1 fully saturated rings. The van der Waals surface area contributed by atoms with Crippen LogP contribution < -0.4 is 5.32 Å². The third-order valence-electron chi connectivity index (χ3n) is 3.39. The van der Waals surface area contributed by atoms with E-state index in [0.29, 0.717) is 10.9 Å². The Hall–Kier alpha value is -0.930. The molecule has 1 amide bonds. The Morgan fingerprint density at radius 1 is 1.39 bits per heavy atom. The molecule has 3 nitrogen and oxygen atoms in total. The SMILES string of the molecule is O=C(NC1(CCl)CCCC1)c1cc(O)ccc1Cl. The first-order valence-electron chi connectivity index (χ1n) is 5.93. The number of alkyl halides is 1. The molecule has 0 aliphatic heterocycles. The second kappa shape index (κ2) is 5.37. The lowest BCUT2D eigenvalue weighted by Crippen LogP contribution is -2.47. The highest BCUT2D eigenvalue weighted by atomic mass is 35.5. The van der Waals surface area contributed by atoms with Crippen molar-refractivity contribution in [3.05, 3.63) is 28.8 Å². The van der Waals surface area contributed by atoms with Crippen LogP contribution in [0.5, 0.6) is 5.75 Å². The third kappa shape index (κ3) is 2.73. The fourth-order valence-electron chi connectivity index (χ4n) is 2.34. The van der Waals surface area contributed by atoms with Crippen LogP contribution in [0.3, 0.4) is 0 Å². The number of hydrogen-bond donors (Lipinski definition) is 2. The highest BCUT2D eigenvalue weighted by Gasteiger charge is 2.35. The molecule has 0 spiro atoms. The minimum atomic E-state index is -0.326. The third-order valence-corrected chi connectivity index (χ3v) is 4.23. The molecule has 0 heterocycles. The number of phenols is 1. The number of aromatic hydroxyl groups is 1. The van der Waals surface area contributed by atoms with Gasteiger partial charge in [0.05, 0.1) is 16.1 Å². The summed E-state index contributed by atoms with van der Waals surface area (Å²) in [6.07, 6.45) is 3.92. The zero-order valence-electron chi connectivity index (χ0n) is 9.88. The van der Waals surface area contributed by atoms with Gasteiger partial charge in [0.15, 0.2) is 0 Å². The maximum absolute atomic E-state index is 12.2. The molecular formula is C13H15Cl2NO2. The van der Waals surface area contributed by atoms with Gasteiger partial charge < -0.3 is 10.4 Å². The van der Waals surface area contributed by atoms with Crippen molar-refractivity contribution < 1.29 is 9.90 Å². The summed E-state index contributed by atoms with van der Waals surface area (Å²) in [7, 11) is 0. The van der Waals surface area contributed by atoms with Crippen molar-refractivity contribution in [1.29, 1.82) is 0 Å². The van der Waals surface area contributed by atoms with Crippen molar-refractivity contribution in [3.8, 4) is 5.75 Å². The van der Waals surface area contributed by atoms with Gasteiger partial charge in [-0.2, -0.15) is 0 Å². The predicted octanol–water partition coefficient (Wildman–Crippen LogP) is 3.33. The van der Waals surface area contributed by atoms with E-state index in [1.807, 2.05) is 0 Å². The van der Waals surface area contributed by atoms with E-state index in [4.69, 9.17) is 23.2 Å². The molecule has 1 aromatic carbocycles. The standard InChI is InChI=1S/C13H15Cl2NO2/c14-8-13(5-1-2-6-13)16-12(18)10-7-9(17)3-4-11(10)15/h3-4,7,17H,1-2,5-6,8H2,(H,16,18). The van der Waals surface area contributed by atoms with E-state index in [2.05, 4.69) is 5.32 Å². The van der Waals surface area contributed by atoms with E-state index >= 15 is 0 Å². The highest BCUT2D eigenvalue weighted by Crippen LogP contribution is 2.31. The van der Waals surface area contributed by atoms with Crippen molar-refractivity contribution in [1.82, 2.24) is 5.32 Å². The lowest BCUT2D eigenvalue weighted by atomic mass is 9.99. The quantitative estimate of drug-likeness (QED) is 0.838. The van der Waals surface area contributed by atoms with Crippen molar-refractivity contribution in [3.63, 3.8) is 0 Å². The summed E-state index contributed by atoms with van der Waals surface area (Å²) in [4.78, 5) is 12.2. The van der Waals surface area contributed by atoms with E-state index in [-0.39, 0.29) is 22.8 Å². The van der Waals surface area contributed by atoms with Crippen LogP contribution in [0.1, 0.15) is 36.0 Å². The monoisotopic (exact) mass is 287 g/mol. The molecule has 5 heteroatoms. The fraction of sp³-hybridized carbons (Fsp3) is 0.462. The molecule has 98 valence electrons. The molecular weight excluding hydrogens is 273 g/mol. The van der Waals surface area contributed by atoms with Crippen LogP contribution in [-0.4, -0.2) is 22.4 Å². The van der Waals surface area contributed by atoms with E-state index in [0.717, 1.165) is 25.7 Å². The van der Waals surface area contributed by atoms with Gasteiger partial charge in [0.25, 0.3) is 5.91 Å². The number of benzene rings is 1. The van der Waals surface area contributed by atoms with Crippen molar-refractivity contribution in [2.45, 2.75) is 31.2 Å². The smallest absolute Gasteiger partial charge is 0.253 e. The number of carbonyl (C=O) groups excluding carboxylic acids is 1. The molecule has 1 aliphatic carbocycles. The Balaban J connectivity index is 2.18. The lowest BCUT2D eigenvalue weighted by molar-refractivity contribution is 0.0909. The van der Waals surface area contributed by atoms with Crippen LogP contribution in [0.15, 0.2) is 18.2 Å². The van der Waals surface area contributed by atoms with Crippen molar-refractivity contribution >= 4 is 29.1 Å². The van der Waals surface area contributed by atoms with E-state index in [9.17, 15) is 9.90 Å². The minimum absolute atomic E-state index is 0.0240. The van der Waals surface area contributed by atoms with Gasteiger partial charge in [0.1, 0.15) is 5.75 Å². The second-order valence-electron chi connectivity index (χ2n) is 4.74. The largest absolute Gasteiger partial charge is 0.508 e. The summed E-state index contributed by atoms with van der Waals surface area (Å²) in [6.45, 7) is 0. The first kappa shape index (κ1) is 13.5. The number of nitrogens with one attached hydrogen (secondary N) is 1. The van der Waals surface area contributed by atoms with E-state index < -0.39 is 0 Å². The second-order valence-corrected chi connectivity index (χ2v) is 5.41. The van der Waals surface area contributed by atoms with Gasteiger partial charge in [-0.1, -0.05) is 24.4 Å². The lowest BCUT2D eigenvalue weighted by Gasteiger charge is -2.28. The molecule has 2 N–H and O–H groups in total. The van der Waals surface area contributed by atoms with Crippen LogP contribution in [0.4, 0.5) is 0 Å². The Morgan fingerprint density at radius 2 is 2.06 bits per heavy atom. The number of phenolic OH excluding ortho intramolecular Hbond substituents is 1. The number of hydrogen-bond acceptors (Lipinski definition) is 2. The Kier molecular flexibility index (Phi) is 4.03. The molecule has 0 radical (unpaired) electrons. The normalized spacial score (nSPS) is 17.7.